The zero-order chi connectivity index (χ0) is 13.2. The van der Waals surface area contributed by atoms with Crippen LogP contribution in [0.5, 0.6) is 5.75 Å². The first kappa shape index (κ1) is 14.5. The SMILES string of the molecule is CC(N(C)Cc1ccc(O)c(Br)c1)C(C)(C)C. The highest BCUT2D eigenvalue weighted by Gasteiger charge is 2.23. The fraction of sp³-hybridized carbons (Fsp3) is 0.571. The van der Waals surface area contributed by atoms with Crippen molar-refractivity contribution in [1.29, 1.82) is 0 Å². The molecule has 3 heteroatoms. The highest BCUT2D eigenvalue weighted by Crippen LogP contribution is 2.27. The molecule has 1 rings (SSSR count). The van der Waals surface area contributed by atoms with Crippen LogP contribution in [0.2, 0.25) is 0 Å². The molecule has 96 valence electrons. The average molecular weight is 300 g/mol. The van der Waals surface area contributed by atoms with E-state index in [2.05, 4.69) is 55.6 Å². The van der Waals surface area contributed by atoms with Crippen molar-refractivity contribution >= 4 is 15.9 Å². The monoisotopic (exact) mass is 299 g/mol. The summed E-state index contributed by atoms with van der Waals surface area (Å²) in [5.74, 6) is 0.292. The third-order valence-electron chi connectivity index (χ3n) is 3.36. The molecule has 0 heterocycles. The fourth-order valence-electron chi connectivity index (χ4n) is 1.73. The molecule has 0 bridgehead atoms. The lowest BCUT2D eigenvalue weighted by Gasteiger charge is -2.35. The third kappa shape index (κ3) is 4.00. The van der Waals surface area contributed by atoms with E-state index >= 15 is 0 Å². The fourth-order valence-corrected chi connectivity index (χ4v) is 2.16. The number of aromatic hydroxyl groups is 1. The number of hydrogen-bond donors (Lipinski definition) is 1. The summed E-state index contributed by atoms with van der Waals surface area (Å²) in [7, 11) is 2.14. The Kier molecular flexibility index (Phi) is 4.62. The van der Waals surface area contributed by atoms with E-state index in [9.17, 15) is 5.11 Å². The maximum absolute atomic E-state index is 9.46. The van der Waals surface area contributed by atoms with E-state index in [0.29, 0.717) is 11.8 Å². The summed E-state index contributed by atoms with van der Waals surface area (Å²) >= 11 is 3.34. The van der Waals surface area contributed by atoms with E-state index in [0.717, 1.165) is 11.0 Å². The lowest BCUT2D eigenvalue weighted by atomic mass is 9.87. The predicted molar refractivity (Wildman–Crippen MR) is 76.2 cm³/mol. The van der Waals surface area contributed by atoms with Crippen molar-refractivity contribution in [2.45, 2.75) is 40.3 Å². The maximum atomic E-state index is 9.46. The number of halogens is 1. The number of phenols is 1. The summed E-state index contributed by atoms with van der Waals surface area (Å²) in [5, 5.41) is 9.46. The molecule has 0 radical (unpaired) electrons. The first-order chi connectivity index (χ1) is 7.71. The van der Waals surface area contributed by atoms with Crippen molar-refractivity contribution in [3.8, 4) is 5.75 Å². The Labute approximate surface area is 113 Å². The average Bonchev–Trinajstić information content (AvgIpc) is 2.21. The number of benzene rings is 1. The maximum Gasteiger partial charge on any atom is 0.129 e. The number of nitrogens with zero attached hydrogens (tertiary/aromatic N) is 1. The lowest BCUT2D eigenvalue weighted by molar-refractivity contribution is 0.134. The van der Waals surface area contributed by atoms with Gasteiger partial charge in [-0.3, -0.25) is 4.90 Å². The van der Waals surface area contributed by atoms with Crippen LogP contribution < -0.4 is 0 Å². The molecule has 0 fully saturated rings. The van der Waals surface area contributed by atoms with Gasteiger partial charge < -0.3 is 5.11 Å². The standard InChI is InChI=1S/C14H22BrNO/c1-10(14(2,3)4)16(5)9-11-6-7-13(17)12(15)8-11/h6-8,10,17H,9H2,1-5H3. The van der Waals surface area contributed by atoms with Gasteiger partial charge in [0.15, 0.2) is 0 Å². The molecule has 0 aromatic heterocycles. The zero-order valence-corrected chi connectivity index (χ0v) is 12.9. The van der Waals surface area contributed by atoms with Crippen molar-refractivity contribution in [3.05, 3.63) is 28.2 Å². The molecule has 1 atom stereocenters. The molecular formula is C14H22BrNO. The second-order valence-corrected chi connectivity index (χ2v) is 6.60. The Hall–Kier alpha value is -0.540. The molecule has 1 unspecified atom stereocenters. The molecule has 0 saturated heterocycles. The van der Waals surface area contributed by atoms with E-state index in [-0.39, 0.29) is 5.41 Å². The molecule has 1 N–H and O–H groups in total. The predicted octanol–water partition coefficient (Wildman–Crippen LogP) is 4.02. The van der Waals surface area contributed by atoms with Crippen LogP contribution in [-0.2, 0) is 6.54 Å². The van der Waals surface area contributed by atoms with Crippen LogP contribution in [0.25, 0.3) is 0 Å². The second kappa shape index (κ2) is 5.40. The van der Waals surface area contributed by atoms with Gasteiger partial charge in [0.1, 0.15) is 5.75 Å². The van der Waals surface area contributed by atoms with Gasteiger partial charge in [-0.15, -0.1) is 0 Å². The van der Waals surface area contributed by atoms with Gasteiger partial charge in [-0.2, -0.15) is 0 Å². The summed E-state index contributed by atoms with van der Waals surface area (Å²) in [5.41, 5.74) is 1.47. The molecule has 0 amide bonds. The van der Waals surface area contributed by atoms with Crippen molar-refractivity contribution in [2.24, 2.45) is 5.41 Å². The Morgan fingerprint density at radius 3 is 2.41 bits per heavy atom. The van der Waals surface area contributed by atoms with Crippen LogP contribution in [0.4, 0.5) is 0 Å². The van der Waals surface area contributed by atoms with E-state index in [1.54, 1.807) is 6.07 Å². The van der Waals surface area contributed by atoms with E-state index in [1.165, 1.54) is 5.56 Å². The first-order valence-electron chi connectivity index (χ1n) is 5.89. The van der Waals surface area contributed by atoms with Crippen LogP contribution in [0.15, 0.2) is 22.7 Å². The summed E-state index contributed by atoms with van der Waals surface area (Å²) in [4.78, 5) is 2.33. The molecular weight excluding hydrogens is 278 g/mol. The minimum absolute atomic E-state index is 0.267. The molecule has 1 aromatic rings. The van der Waals surface area contributed by atoms with Crippen LogP contribution in [-0.4, -0.2) is 23.1 Å². The van der Waals surface area contributed by atoms with Gasteiger partial charge in [-0.25, -0.2) is 0 Å². The largest absolute Gasteiger partial charge is 0.507 e. The third-order valence-corrected chi connectivity index (χ3v) is 3.99. The number of phenolic OH excluding ortho intramolecular Hbond substituents is 1. The summed E-state index contributed by atoms with van der Waals surface area (Å²) in [6.07, 6.45) is 0. The molecule has 0 aliphatic rings. The van der Waals surface area contributed by atoms with Gasteiger partial charge in [0.25, 0.3) is 0 Å². The van der Waals surface area contributed by atoms with Crippen LogP contribution in [0.3, 0.4) is 0 Å². The molecule has 0 aliphatic carbocycles. The molecule has 2 nitrogen and oxygen atoms in total. The van der Waals surface area contributed by atoms with Gasteiger partial charge in [-0.05, 0) is 53.0 Å². The lowest BCUT2D eigenvalue weighted by Crippen LogP contribution is -2.38. The molecule has 17 heavy (non-hydrogen) atoms. The highest BCUT2D eigenvalue weighted by molar-refractivity contribution is 9.10. The first-order valence-corrected chi connectivity index (χ1v) is 6.68. The van der Waals surface area contributed by atoms with Crippen molar-refractivity contribution in [2.75, 3.05) is 7.05 Å². The Morgan fingerprint density at radius 1 is 1.35 bits per heavy atom. The molecule has 0 aliphatic heterocycles. The van der Waals surface area contributed by atoms with E-state index in [4.69, 9.17) is 0 Å². The normalized spacial score (nSPS) is 14.1. The van der Waals surface area contributed by atoms with Crippen LogP contribution >= 0.6 is 15.9 Å². The van der Waals surface area contributed by atoms with Gasteiger partial charge in [0.05, 0.1) is 4.47 Å². The Morgan fingerprint density at radius 2 is 1.94 bits per heavy atom. The minimum Gasteiger partial charge on any atom is -0.507 e. The molecule has 0 saturated carbocycles. The summed E-state index contributed by atoms with van der Waals surface area (Å²) in [6, 6.07) is 6.16. The van der Waals surface area contributed by atoms with Gasteiger partial charge in [0, 0.05) is 12.6 Å². The Balaban J connectivity index is 2.74. The second-order valence-electron chi connectivity index (χ2n) is 5.74. The summed E-state index contributed by atoms with van der Waals surface area (Å²) in [6.45, 7) is 9.88. The van der Waals surface area contributed by atoms with Crippen LogP contribution in [0.1, 0.15) is 33.3 Å². The van der Waals surface area contributed by atoms with Gasteiger partial charge in [-0.1, -0.05) is 26.8 Å². The molecule has 0 spiro atoms. The number of rotatable bonds is 3. The Bertz CT molecular complexity index is 384. The van der Waals surface area contributed by atoms with E-state index in [1.807, 2.05) is 12.1 Å². The quantitative estimate of drug-likeness (QED) is 0.911. The molecule has 1 aromatic carbocycles. The van der Waals surface area contributed by atoms with Gasteiger partial charge in [0.2, 0.25) is 0 Å². The van der Waals surface area contributed by atoms with Crippen LogP contribution in [0, 0.1) is 5.41 Å². The smallest absolute Gasteiger partial charge is 0.129 e. The van der Waals surface area contributed by atoms with Gasteiger partial charge >= 0.3 is 0 Å². The topological polar surface area (TPSA) is 23.5 Å². The minimum atomic E-state index is 0.267. The zero-order valence-electron chi connectivity index (χ0n) is 11.3. The highest BCUT2D eigenvalue weighted by atomic mass is 79.9. The van der Waals surface area contributed by atoms with Crippen molar-refractivity contribution in [3.63, 3.8) is 0 Å². The van der Waals surface area contributed by atoms with Crippen molar-refractivity contribution < 1.29 is 5.11 Å². The van der Waals surface area contributed by atoms with Crippen molar-refractivity contribution in [1.82, 2.24) is 4.90 Å². The van der Waals surface area contributed by atoms with E-state index < -0.39 is 0 Å². The summed E-state index contributed by atoms with van der Waals surface area (Å²) < 4.78 is 0.756. The number of hydrogen-bond acceptors (Lipinski definition) is 2.